The van der Waals surface area contributed by atoms with Gasteiger partial charge in [0.05, 0.1) is 3.79 Å². The van der Waals surface area contributed by atoms with E-state index in [-0.39, 0.29) is 6.04 Å². The Bertz CT molecular complexity index is 327. The van der Waals surface area contributed by atoms with E-state index in [0.717, 1.165) is 12.8 Å². The van der Waals surface area contributed by atoms with Crippen LogP contribution < -0.4 is 5.73 Å². The van der Waals surface area contributed by atoms with Gasteiger partial charge in [-0.2, -0.15) is 0 Å². The van der Waals surface area contributed by atoms with E-state index in [4.69, 9.17) is 5.73 Å². The van der Waals surface area contributed by atoms with Crippen molar-refractivity contribution in [3.05, 3.63) is 20.8 Å². The Balaban J connectivity index is 2.45. The fraction of sp³-hybridized carbons (Fsp3) is 0.692. The first-order chi connectivity index (χ1) is 7.29. The van der Waals surface area contributed by atoms with Crippen LogP contribution in [0.2, 0.25) is 0 Å². The molecule has 1 heterocycles. The number of rotatable bonds is 4. The third-order valence-corrected chi connectivity index (χ3v) is 4.87. The molecule has 0 bridgehead atoms. The van der Waals surface area contributed by atoms with Crippen LogP contribution in [-0.2, 0) is 6.42 Å². The van der Waals surface area contributed by atoms with E-state index in [2.05, 4.69) is 55.8 Å². The summed E-state index contributed by atoms with van der Waals surface area (Å²) in [4.78, 5) is 1.38. The zero-order valence-corrected chi connectivity index (χ0v) is 13.0. The maximum atomic E-state index is 6.20. The maximum Gasteiger partial charge on any atom is 0.0701 e. The van der Waals surface area contributed by atoms with E-state index in [1.807, 2.05) is 0 Å². The predicted molar refractivity (Wildman–Crippen MR) is 76.9 cm³/mol. The van der Waals surface area contributed by atoms with Crippen molar-refractivity contribution in [3.8, 4) is 0 Å². The number of halogens is 1. The topological polar surface area (TPSA) is 26.0 Å². The van der Waals surface area contributed by atoms with Gasteiger partial charge in [-0.3, -0.25) is 0 Å². The van der Waals surface area contributed by atoms with Gasteiger partial charge in [0.15, 0.2) is 0 Å². The minimum absolute atomic E-state index is 0.278. The van der Waals surface area contributed by atoms with Crippen LogP contribution in [0, 0.1) is 11.3 Å². The van der Waals surface area contributed by atoms with Crippen LogP contribution in [0.25, 0.3) is 0 Å². The quantitative estimate of drug-likeness (QED) is 0.873. The largest absolute Gasteiger partial charge is 0.327 e. The van der Waals surface area contributed by atoms with E-state index in [0.29, 0.717) is 11.3 Å². The summed E-state index contributed by atoms with van der Waals surface area (Å²) in [6.07, 6.45) is 2.09. The zero-order valence-electron chi connectivity index (χ0n) is 10.6. The number of nitrogens with two attached hydrogens (primary N) is 1. The highest BCUT2D eigenvalue weighted by Gasteiger charge is 2.22. The van der Waals surface area contributed by atoms with Gasteiger partial charge in [-0.15, -0.1) is 11.3 Å². The molecule has 0 saturated carbocycles. The first-order valence-electron chi connectivity index (χ1n) is 5.79. The smallest absolute Gasteiger partial charge is 0.0701 e. The maximum absolute atomic E-state index is 6.20. The molecule has 0 aliphatic carbocycles. The first kappa shape index (κ1) is 14.2. The molecule has 0 aliphatic rings. The van der Waals surface area contributed by atoms with Crippen molar-refractivity contribution in [2.75, 3.05) is 0 Å². The molecule has 1 nitrogen and oxygen atoms in total. The molecule has 0 aliphatic heterocycles. The lowest BCUT2D eigenvalue weighted by molar-refractivity contribution is 0.233. The molecule has 0 amide bonds. The Labute approximate surface area is 112 Å². The van der Waals surface area contributed by atoms with E-state index in [1.165, 1.54) is 8.66 Å². The molecule has 1 aromatic heterocycles. The van der Waals surface area contributed by atoms with E-state index in [9.17, 15) is 0 Å². The molecule has 92 valence electrons. The Kier molecular flexibility index (Phi) is 5.02. The average Bonchev–Trinajstić information content (AvgIpc) is 2.49. The van der Waals surface area contributed by atoms with Crippen LogP contribution in [0.3, 0.4) is 0 Å². The molecule has 0 saturated heterocycles. The molecule has 0 spiro atoms. The van der Waals surface area contributed by atoms with Gasteiger partial charge in [-0.25, -0.2) is 0 Å². The van der Waals surface area contributed by atoms with Gasteiger partial charge in [0.2, 0.25) is 0 Å². The Morgan fingerprint density at radius 2 is 2.00 bits per heavy atom. The van der Waals surface area contributed by atoms with E-state index < -0.39 is 0 Å². The highest BCUT2D eigenvalue weighted by molar-refractivity contribution is 9.11. The van der Waals surface area contributed by atoms with Crippen LogP contribution in [0.5, 0.6) is 0 Å². The Hall–Kier alpha value is 0.140. The number of thiophene rings is 1. The first-order valence-corrected chi connectivity index (χ1v) is 7.40. The summed E-state index contributed by atoms with van der Waals surface area (Å²) in [5, 5.41) is 0. The normalized spacial score (nSPS) is 16.1. The highest BCUT2D eigenvalue weighted by atomic mass is 79.9. The van der Waals surface area contributed by atoms with Gasteiger partial charge < -0.3 is 5.73 Å². The molecule has 2 N–H and O–H groups in total. The zero-order chi connectivity index (χ0) is 12.3. The van der Waals surface area contributed by atoms with Crippen molar-refractivity contribution in [2.45, 2.75) is 46.6 Å². The van der Waals surface area contributed by atoms with Crippen molar-refractivity contribution >= 4 is 27.3 Å². The standard InChI is InChI=1S/C13H22BrNS/c1-9(13(2,3)4)7-10(15)8-11-5-6-12(14)16-11/h5-6,9-10H,7-8,15H2,1-4H3. The van der Waals surface area contributed by atoms with Gasteiger partial charge >= 0.3 is 0 Å². The minimum atomic E-state index is 0.278. The summed E-state index contributed by atoms with van der Waals surface area (Å²) in [6.45, 7) is 9.15. The fourth-order valence-electron chi connectivity index (χ4n) is 1.61. The summed E-state index contributed by atoms with van der Waals surface area (Å²) < 4.78 is 1.19. The van der Waals surface area contributed by atoms with Gasteiger partial charge in [0.1, 0.15) is 0 Å². The lowest BCUT2D eigenvalue weighted by atomic mass is 9.78. The summed E-state index contributed by atoms with van der Waals surface area (Å²) in [5.41, 5.74) is 6.56. The van der Waals surface area contributed by atoms with Crippen molar-refractivity contribution in [2.24, 2.45) is 17.1 Å². The third-order valence-electron chi connectivity index (χ3n) is 3.23. The summed E-state index contributed by atoms with van der Waals surface area (Å²) in [6, 6.07) is 4.54. The highest BCUT2D eigenvalue weighted by Crippen LogP contribution is 2.30. The SMILES string of the molecule is CC(CC(N)Cc1ccc(Br)s1)C(C)(C)C. The van der Waals surface area contributed by atoms with Crippen molar-refractivity contribution in [3.63, 3.8) is 0 Å². The number of hydrogen-bond acceptors (Lipinski definition) is 2. The molecular formula is C13H22BrNS. The lowest BCUT2D eigenvalue weighted by Gasteiger charge is -2.29. The van der Waals surface area contributed by atoms with Gasteiger partial charge in [0.25, 0.3) is 0 Å². The second-order valence-corrected chi connectivity index (χ2v) is 8.22. The second kappa shape index (κ2) is 5.65. The fourth-order valence-corrected chi connectivity index (χ4v) is 3.19. The van der Waals surface area contributed by atoms with Crippen LogP contribution >= 0.6 is 27.3 Å². The van der Waals surface area contributed by atoms with Gasteiger partial charge in [0, 0.05) is 10.9 Å². The minimum Gasteiger partial charge on any atom is -0.327 e. The van der Waals surface area contributed by atoms with Crippen LogP contribution in [-0.4, -0.2) is 6.04 Å². The van der Waals surface area contributed by atoms with Crippen LogP contribution in [0.4, 0.5) is 0 Å². The van der Waals surface area contributed by atoms with E-state index >= 15 is 0 Å². The van der Waals surface area contributed by atoms with Crippen molar-refractivity contribution < 1.29 is 0 Å². The molecule has 0 radical (unpaired) electrons. The van der Waals surface area contributed by atoms with Gasteiger partial charge in [-0.1, -0.05) is 27.7 Å². The molecule has 1 rings (SSSR count). The molecule has 1 aromatic rings. The van der Waals surface area contributed by atoms with Gasteiger partial charge in [-0.05, 0) is 52.2 Å². The summed E-state index contributed by atoms with van der Waals surface area (Å²) in [5.74, 6) is 0.658. The molecule has 0 fully saturated rings. The average molecular weight is 304 g/mol. The molecular weight excluding hydrogens is 282 g/mol. The van der Waals surface area contributed by atoms with Crippen LogP contribution in [0.1, 0.15) is 39.0 Å². The molecule has 2 unspecified atom stereocenters. The summed E-state index contributed by atoms with van der Waals surface area (Å²) >= 11 is 5.27. The van der Waals surface area contributed by atoms with E-state index in [1.54, 1.807) is 11.3 Å². The van der Waals surface area contributed by atoms with Crippen molar-refractivity contribution in [1.29, 1.82) is 0 Å². The lowest BCUT2D eigenvalue weighted by Crippen LogP contribution is -2.29. The summed E-state index contributed by atoms with van der Waals surface area (Å²) in [7, 11) is 0. The third kappa shape index (κ3) is 4.56. The Morgan fingerprint density at radius 1 is 1.38 bits per heavy atom. The predicted octanol–water partition coefficient (Wildman–Crippen LogP) is 4.45. The second-order valence-electron chi connectivity index (χ2n) is 5.67. The molecule has 0 aromatic carbocycles. The molecule has 3 heteroatoms. The Morgan fingerprint density at radius 3 is 2.44 bits per heavy atom. The monoisotopic (exact) mass is 303 g/mol. The molecule has 16 heavy (non-hydrogen) atoms. The van der Waals surface area contributed by atoms with Crippen LogP contribution in [0.15, 0.2) is 15.9 Å². The number of hydrogen-bond donors (Lipinski definition) is 1. The van der Waals surface area contributed by atoms with Crippen molar-refractivity contribution in [1.82, 2.24) is 0 Å². The molecule has 2 atom stereocenters.